The molecule has 0 saturated heterocycles. The van der Waals surface area contributed by atoms with Crippen LogP contribution in [0.2, 0.25) is 5.02 Å². The molecule has 108 valence electrons. The number of ether oxygens (including phenoxy) is 1. The summed E-state index contributed by atoms with van der Waals surface area (Å²) in [5.41, 5.74) is -0.119. The predicted molar refractivity (Wildman–Crippen MR) is 74.0 cm³/mol. The average Bonchev–Trinajstić information content (AvgIpc) is 3.23. The molecule has 1 fully saturated rings. The van der Waals surface area contributed by atoms with Crippen molar-refractivity contribution in [3.8, 4) is 5.75 Å². The van der Waals surface area contributed by atoms with E-state index < -0.39 is 4.92 Å². The molecule has 20 heavy (non-hydrogen) atoms. The molecule has 0 N–H and O–H groups in total. The molecule has 0 spiro atoms. The monoisotopic (exact) mass is 298 g/mol. The number of hydrogen-bond donors (Lipinski definition) is 0. The van der Waals surface area contributed by atoms with Crippen LogP contribution in [0, 0.1) is 10.1 Å². The van der Waals surface area contributed by atoms with E-state index in [2.05, 4.69) is 0 Å². The Bertz CT molecular complexity index is 531. The molecule has 0 aliphatic heterocycles. The minimum atomic E-state index is -0.534. The number of rotatable bonds is 6. The van der Waals surface area contributed by atoms with Gasteiger partial charge >= 0.3 is 0 Å². The van der Waals surface area contributed by atoms with Crippen LogP contribution in [-0.4, -0.2) is 34.9 Å². The maximum absolute atomic E-state index is 12.0. The Balaban J connectivity index is 2.01. The van der Waals surface area contributed by atoms with Crippen LogP contribution >= 0.6 is 11.6 Å². The van der Waals surface area contributed by atoms with Crippen molar-refractivity contribution in [1.82, 2.24) is 4.90 Å². The second-order valence-corrected chi connectivity index (χ2v) is 4.98. The molecule has 2 rings (SSSR count). The van der Waals surface area contributed by atoms with Crippen molar-refractivity contribution in [1.29, 1.82) is 0 Å². The van der Waals surface area contributed by atoms with Gasteiger partial charge in [-0.25, -0.2) is 0 Å². The quantitative estimate of drug-likeness (QED) is 0.598. The fourth-order valence-corrected chi connectivity index (χ4v) is 2.14. The second kappa shape index (κ2) is 6.09. The zero-order chi connectivity index (χ0) is 14.7. The summed E-state index contributed by atoms with van der Waals surface area (Å²) in [5, 5.41) is 10.9. The Kier molecular flexibility index (Phi) is 4.44. The second-order valence-electron chi connectivity index (χ2n) is 4.57. The van der Waals surface area contributed by atoms with E-state index in [0.29, 0.717) is 12.6 Å². The number of likely N-dealkylation sites (N-methyl/N-ethyl adjacent to an activating group) is 1. The summed E-state index contributed by atoms with van der Waals surface area (Å²) in [6, 6.07) is 4.22. The lowest BCUT2D eigenvalue weighted by Gasteiger charge is -2.20. The number of nitro groups is 1. The molecule has 1 amide bonds. The van der Waals surface area contributed by atoms with Crippen molar-refractivity contribution in [3.63, 3.8) is 0 Å². The van der Waals surface area contributed by atoms with Crippen molar-refractivity contribution >= 4 is 23.2 Å². The van der Waals surface area contributed by atoms with Crippen LogP contribution in [0.25, 0.3) is 0 Å². The van der Waals surface area contributed by atoms with Gasteiger partial charge in [0, 0.05) is 18.7 Å². The number of amides is 1. The highest BCUT2D eigenvalue weighted by Crippen LogP contribution is 2.30. The topological polar surface area (TPSA) is 72.7 Å². The van der Waals surface area contributed by atoms with Crippen molar-refractivity contribution < 1.29 is 14.5 Å². The van der Waals surface area contributed by atoms with Crippen LogP contribution in [0.4, 0.5) is 5.69 Å². The number of non-ortho nitro benzene ring substituents is 1. The lowest BCUT2D eigenvalue weighted by molar-refractivity contribution is -0.384. The van der Waals surface area contributed by atoms with Crippen LogP contribution in [0.1, 0.15) is 19.8 Å². The molecular formula is C13H15ClN2O4. The maximum Gasteiger partial charge on any atom is 0.273 e. The summed E-state index contributed by atoms with van der Waals surface area (Å²) in [6.07, 6.45) is 2.05. The van der Waals surface area contributed by atoms with Gasteiger partial charge in [0.2, 0.25) is 0 Å². The Hall–Kier alpha value is -1.82. The third-order valence-corrected chi connectivity index (χ3v) is 3.44. The zero-order valence-corrected chi connectivity index (χ0v) is 11.8. The number of halogens is 1. The predicted octanol–water partition coefficient (Wildman–Crippen LogP) is 2.64. The highest BCUT2D eigenvalue weighted by molar-refractivity contribution is 6.32. The molecule has 1 aliphatic rings. The van der Waals surface area contributed by atoms with Gasteiger partial charge in [-0.05, 0) is 25.8 Å². The Morgan fingerprint density at radius 3 is 2.80 bits per heavy atom. The fourth-order valence-electron chi connectivity index (χ4n) is 1.96. The number of carbonyl (C=O) groups excluding carboxylic acids is 1. The van der Waals surface area contributed by atoms with E-state index >= 15 is 0 Å². The number of nitro benzene ring substituents is 1. The van der Waals surface area contributed by atoms with Gasteiger partial charge in [0.25, 0.3) is 11.6 Å². The van der Waals surface area contributed by atoms with Crippen LogP contribution in [0.5, 0.6) is 5.75 Å². The molecule has 0 unspecified atom stereocenters. The van der Waals surface area contributed by atoms with Crippen molar-refractivity contribution in [3.05, 3.63) is 33.3 Å². The summed E-state index contributed by atoms with van der Waals surface area (Å²) in [7, 11) is 0. The lowest BCUT2D eigenvalue weighted by atomic mass is 10.3. The number of benzene rings is 1. The average molecular weight is 299 g/mol. The van der Waals surface area contributed by atoms with E-state index in [1.807, 2.05) is 6.92 Å². The summed E-state index contributed by atoms with van der Waals surface area (Å²) < 4.78 is 5.32. The summed E-state index contributed by atoms with van der Waals surface area (Å²) in [4.78, 5) is 23.9. The lowest BCUT2D eigenvalue weighted by Crippen LogP contribution is -2.36. The zero-order valence-electron chi connectivity index (χ0n) is 11.0. The first-order valence-corrected chi connectivity index (χ1v) is 6.77. The first-order valence-electron chi connectivity index (χ1n) is 6.39. The maximum atomic E-state index is 12.0. The first kappa shape index (κ1) is 14.6. The first-order chi connectivity index (χ1) is 9.52. The van der Waals surface area contributed by atoms with Crippen LogP contribution < -0.4 is 4.74 Å². The van der Waals surface area contributed by atoms with Gasteiger partial charge in [-0.1, -0.05) is 11.6 Å². The van der Waals surface area contributed by atoms with E-state index in [-0.39, 0.29) is 29.0 Å². The summed E-state index contributed by atoms with van der Waals surface area (Å²) in [5.74, 6) is 0.0265. The van der Waals surface area contributed by atoms with Crippen molar-refractivity contribution in [2.75, 3.05) is 13.2 Å². The SMILES string of the molecule is CCN(C(=O)COc1cc([N+](=O)[O-])ccc1Cl)C1CC1. The van der Waals surface area contributed by atoms with Crippen molar-refractivity contribution in [2.24, 2.45) is 0 Å². The normalized spacial score (nSPS) is 13.9. The van der Waals surface area contributed by atoms with Gasteiger partial charge in [-0.3, -0.25) is 14.9 Å². The Morgan fingerprint density at radius 1 is 1.55 bits per heavy atom. The number of nitrogens with zero attached hydrogens (tertiary/aromatic N) is 2. The third-order valence-electron chi connectivity index (χ3n) is 3.13. The van der Waals surface area contributed by atoms with Crippen LogP contribution in [-0.2, 0) is 4.79 Å². The highest BCUT2D eigenvalue weighted by atomic mass is 35.5. The molecule has 0 bridgehead atoms. The molecule has 1 saturated carbocycles. The summed E-state index contributed by atoms with van der Waals surface area (Å²) in [6.45, 7) is 2.39. The molecule has 1 aromatic rings. The smallest absolute Gasteiger partial charge is 0.273 e. The van der Waals surface area contributed by atoms with Gasteiger partial charge < -0.3 is 9.64 Å². The molecule has 0 aromatic heterocycles. The Morgan fingerprint density at radius 2 is 2.25 bits per heavy atom. The fraction of sp³-hybridized carbons (Fsp3) is 0.462. The Labute approximate surface area is 121 Å². The highest BCUT2D eigenvalue weighted by Gasteiger charge is 2.31. The van der Waals surface area contributed by atoms with Gasteiger partial charge in [-0.15, -0.1) is 0 Å². The van der Waals surface area contributed by atoms with Gasteiger partial charge in [0.1, 0.15) is 5.75 Å². The van der Waals surface area contributed by atoms with Crippen LogP contribution in [0.15, 0.2) is 18.2 Å². The molecule has 0 heterocycles. The number of carbonyl (C=O) groups is 1. The minimum Gasteiger partial charge on any atom is -0.482 e. The molecule has 0 radical (unpaired) electrons. The summed E-state index contributed by atoms with van der Waals surface area (Å²) >= 11 is 5.90. The van der Waals surface area contributed by atoms with Gasteiger partial charge in [0.05, 0.1) is 16.0 Å². The standard InChI is InChI=1S/C13H15ClN2O4/c1-2-15(9-3-4-9)13(17)8-20-12-7-10(16(18)19)5-6-11(12)14/h5-7,9H,2-4,8H2,1H3. The molecular weight excluding hydrogens is 284 g/mol. The molecule has 0 atom stereocenters. The largest absolute Gasteiger partial charge is 0.482 e. The molecule has 7 heteroatoms. The third kappa shape index (κ3) is 3.39. The van der Waals surface area contributed by atoms with E-state index in [1.165, 1.54) is 18.2 Å². The van der Waals surface area contributed by atoms with E-state index in [9.17, 15) is 14.9 Å². The van der Waals surface area contributed by atoms with E-state index in [1.54, 1.807) is 4.90 Å². The van der Waals surface area contributed by atoms with E-state index in [0.717, 1.165) is 12.8 Å². The minimum absolute atomic E-state index is 0.119. The van der Waals surface area contributed by atoms with Crippen molar-refractivity contribution in [2.45, 2.75) is 25.8 Å². The van der Waals surface area contributed by atoms with Gasteiger partial charge in [-0.2, -0.15) is 0 Å². The molecule has 6 nitrogen and oxygen atoms in total. The van der Waals surface area contributed by atoms with Crippen LogP contribution in [0.3, 0.4) is 0 Å². The van der Waals surface area contributed by atoms with Gasteiger partial charge in [0.15, 0.2) is 6.61 Å². The molecule has 1 aliphatic carbocycles. The number of hydrogen-bond acceptors (Lipinski definition) is 4. The molecule has 1 aromatic carbocycles. The van der Waals surface area contributed by atoms with E-state index in [4.69, 9.17) is 16.3 Å².